The molecule has 0 aliphatic heterocycles. The monoisotopic (exact) mass is 329 g/mol. The highest BCUT2D eigenvalue weighted by molar-refractivity contribution is 9.10. The van der Waals surface area contributed by atoms with E-state index in [-0.39, 0.29) is 5.69 Å². The summed E-state index contributed by atoms with van der Waals surface area (Å²) in [4.78, 5) is 14.5. The van der Waals surface area contributed by atoms with Crippen molar-refractivity contribution in [2.75, 3.05) is 0 Å². The molecule has 2 rings (SSSR count). The molecule has 0 atom stereocenters. The molecule has 0 saturated heterocycles. The molecule has 9 heteroatoms. The van der Waals surface area contributed by atoms with Gasteiger partial charge in [0.2, 0.25) is 0 Å². The van der Waals surface area contributed by atoms with Crippen molar-refractivity contribution in [1.82, 2.24) is 19.7 Å². The highest BCUT2D eigenvalue weighted by atomic mass is 79.9. The predicted octanol–water partition coefficient (Wildman–Crippen LogP) is 2.34. The van der Waals surface area contributed by atoms with Crippen LogP contribution in [0.4, 0.5) is 5.69 Å². The van der Waals surface area contributed by atoms with Gasteiger partial charge in [-0.25, -0.2) is 4.98 Å². The van der Waals surface area contributed by atoms with Crippen molar-refractivity contribution in [2.45, 2.75) is 17.1 Å². The maximum Gasteiger partial charge on any atom is 0.302 e. The fourth-order valence-electron chi connectivity index (χ4n) is 1.19. The Labute approximate surface area is 115 Å². The van der Waals surface area contributed by atoms with Crippen molar-refractivity contribution in [3.63, 3.8) is 0 Å². The first kappa shape index (κ1) is 13.0. The zero-order valence-corrected chi connectivity index (χ0v) is 11.9. The van der Waals surface area contributed by atoms with Gasteiger partial charge < -0.3 is 4.57 Å². The predicted molar refractivity (Wildman–Crippen MR) is 68.5 cm³/mol. The molecule has 0 unspecified atom stereocenters. The summed E-state index contributed by atoms with van der Waals surface area (Å²) in [6.45, 7) is 1.81. The van der Waals surface area contributed by atoms with Crippen LogP contribution in [0.15, 0.2) is 26.9 Å². The molecule has 94 valence electrons. The minimum Gasteiger partial charge on any atom is -0.309 e. The Bertz CT molecular complexity index is 615. The Hall–Kier alpha value is -1.48. The van der Waals surface area contributed by atoms with Crippen LogP contribution in [0, 0.1) is 17.0 Å². The Kier molecular flexibility index (Phi) is 3.62. The lowest BCUT2D eigenvalue weighted by molar-refractivity contribution is -0.388. The van der Waals surface area contributed by atoms with Crippen molar-refractivity contribution in [3.8, 4) is 0 Å². The van der Waals surface area contributed by atoms with Crippen LogP contribution < -0.4 is 0 Å². The molecule has 7 nitrogen and oxygen atoms in total. The summed E-state index contributed by atoms with van der Waals surface area (Å²) in [5, 5.41) is 19.6. The summed E-state index contributed by atoms with van der Waals surface area (Å²) in [7, 11) is 1.79. The van der Waals surface area contributed by atoms with E-state index in [1.165, 1.54) is 12.3 Å². The SMILES string of the molecule is Cc1nnc(Sc2ncc(Br)cc2[N+](=O)[O-])n1C. The van der Waals surface area contributed by atoms with Crippen LogP contribution in [0.1, 0.15) is 5.82 Å². The third-order valence-electron chi connectivity index (χ3n) is 2.24. The maximum atomic E-state index is 10.9. The first-order valence-electron chi connectivity index (χ1n) is 4.83. The highest BCUT2D eigenvalue weighted by Crippen LogP contribution is 2.33. The molecule has 0 aliphatic rings. The van der Waals surface area contributed by atoms with E-state index < -0.39 is 4.92 Å². The highest BCUT2D eigenvalue weighted by Gasteiger charge is 2.19. The average molecular weight is 330 g/mol. The normalized spacial score (nSPS) is 10.6. The van der Waals surface area contributed by atoms with Gasteiger partial charge in [-0.3, -0.25) is 10.1 Å². The summed E-state index contributed by atoms with van der Waals surface area (Å²) in [5.41, 5.74) is -0.0602. The smallest absolute Gasteiger partial charge is 0.302 e. The fraction of sp³-hybridized carbons (Fsp3) is 0.222. The second kappa shape index (κ2) is 5.02. The molecule has 18 heavy (non-hydrogen) atoms. The lowest BCUT2D eigenvalue weighted by Gasteiger charge is -2.02. The van der Waals surface area contributed by atoms with Crippen LogP contribution in [0.25, 0.3) is 0 Å². The van der Waals surface area contributed by atoms with Crippen molar-refractivity contribution in [3.05, 3.63) is 32.7 Å². The van der Waals surface area contributed by atoms with E-state index in [1.54, 1.807) is 18.5 Å². The van der Waals surface area contributed by atoms with Crippen molar-refractivity contribution in [2.24, 2.45) is 7.05 Å². The zero-order valence-electron chi connectivity index (χ0n) is 9.49. The van der Waals surface area contributed by atoms with Gasteiger partial charge in [0, 0.05) is 23.8 Å². The fourth-order valence-corrected chi connectivity index (χ4v) is 2.37. The van der Waals surface area contributed by atoms with E-state index in [0.717, 1.165) is 17.6 Å². The molecular weight excluding hydrogens is 322 g/mol. The Morgan fingerprint density at radius 1 is 1.50 bits per heavy atom. The van der Waals surface area contributed by atoms with Crippen molar-refractivity contribution >= 4 is 33.4 Å². The quantitative estimate of drug-likeness (QED) is 0.634. The molecule has 2 heterocycles. The summed E-state index contributed by atoms with van der Waals surface area (Å²) in [6, 6.07) is 1.42. The van der Waals surface area contributed by atoms with E-state index in [9.17, 15) is 10.1 Å². The minimum absolute atomic E-state index is 0.0602. The largest absolute Gasteiger partial charge is 0.309 e. The van der Waals surface area contributed by atoms with E-state index in [4.69, 9.17) is 0 Å². The van der Waals surface area contributed by atoms with Gasteiger partial charge in [-0.15, -0.1) is 10.2 Å². The summed E-state index contributed by atoms with van der Waals surface area (Å²) in [5.74, 6) is 0.734. The number of aryl methyl sites for hydroxylation is 1. The molecule has 0 fully saturated rings. The average Bonchev–Trinajstić information content (AvgIpc) is 2.63. The number of hydrogen-bond donors (Lipinski definition) is 0. The van der Waals surface area contributed by atoms with Gasteiger partial charge in [0.25, 0.3) is 0 Å². The number of halogens is 1. The van der Waals surface area contributed by atoms with Gasteiger partial charge in [-0.05, 0) is 34.6 Å². The number of aromatic nitrogens is 4. The van der Waals surface area contributed by atoms with Crippen molar-refractivity contribution < 1.29 is 4.92 Å². The van der Waals surface area contributed by atoms with Crippen LogP contribution in [0.5, 0.6) is 0 Å². The standard InChI is InChI=1S/C9H8BrN5O2S/c1-5-12-13-9(14(5)2)18-8-7(15(16)17)3-6(10)4-11-8/h3-4H,1-2H3. The zero-order chi connectivity index (χ0) is 13.3. The topological polar surface area (TPSA) is 86.7 Å². The number of hydrogen-bond acceptors (Lipinski definition) is 6. The van der Waals surface area contributed by atoms with Gasteiger partial charge in [-0.2, -0.15) is 0 Å². The molecule has 0 amide bonds. The second-order valence-electron chi connectivity index (χ2n) is 3.43. The Morgan fingerprint density at radius 3 is 2.78 bits per heavy atom. The van der Waals surface area contributed by atoms with E-state index in [1.807, 2.05) is 0 Å². The molecule has 0 saturated carbocycles. The van der Waals surface area contributed by atoms with Crippen LogP contribution in [-0.2, 0) is 7.05 Å². The second-order valence-corrected chi connectivity index (χ2v) is 5.30. The number of pyridine rings is 1. The molecule has 0 spiro atoms. The van der Waals surface area contributed by atoms with Gasteiger partial charge in [0.1, 0.15) is 5.82 Å². The summed E-state index contributed by atoms with van der Waals surface area (Å²) < 4.78 is 2.31. The molecule has 0 N–H and O–H groups in total. The first-order chi connectivity index (χ1) is 8.49. The molecule has 0 bridgehead atoms. The van der Waals surface area contributed by atoms with Crippen LogP contribution in [0.2, 0.25) is 0 Å². The summed E-state index contributed by atoms with van der Waals surface area (Å²) in [6.07, 6.45) is 1.51. The lowest BCUT2D eigenvalue weighted by Crippen LogP contribution is -1.97. The van der Waals surface area contributed by atoms with E-state index in [0.29, 0.717) is 14.7 Å². The maximum absolute atomic E-state index is 10.9. The molecule has 0 radical (unpaired) electrons. The molecule has 2 aromatic rings. The van der Waals surface area contributed by atoms with Gasteiger partial charge in [0.05, 0.1) is 4.92 Å². The van der Waals surface area contributed by atoms with E-state index >= 15 is 0 Å². The third-order valence-corrected chi connectivity index (χ3v) is 3.72. The molecule has 0 aliphatic carbocycles. The lowest BCUT2D eigenvalue weighted by atomic mass is 10.4. The van der Waals surface area contributed by atoms with Crippen molar-refractivity contribution in [1.29, 1.82) is 0 Å². The van der Waals surface area contributed by atoms with Gasteiger partial charge in [0.15, 0.2) is 10.2 Å². The summed E-state index contributed by atoms with van der Waals surface area (Å²) >= 11 is 4.27. The first-order valence-corrected chi connectivity index (χ1v) is 6.43. The van der Waals surface area contributed by atoms with Crippen LogP contribution >= 0.6 is 27.7 Å². The van der Waals surface area contributed by atoms with Crippen LogP contribution in [-0.4, -0.2) is 24.7 Å². The molecular formula is C9H8BrN5O2S. The van der Waals surface area contributed by atoms with E-state index in [2.05, 4.69) is 31.1 Å². The number of nitro groups is 1. The number of rotatable bonds is 3. The number of nitrogens with zero attached hydrogens (tertiary/aromatic N) is 5. The minimum atomic E-state index is -0.469. The van der Waals surface area contributed by atoms with Gasteiger partial charge in [-0.1, -0.05) is 0 Å². The Balaban J connectivity index is 2.40. The Morgan fingerprint density at radius 2 is 2.22 bits per heavy atom. The molecule has 2 aromatic heterocycles. The van der Waals surface area contributed by atoms with Gasteiger partial charge >= 0.3 is 5.69 Å². The van der Waals surface area contributed by atoms with Crippen LogP contribution in [0.3, 0.4) is 0 Å². The molecule has 0 aromatic carbocycles. The third kappa shape index (κ3) is 2.51.